The molecule has 1 aliphatic rings. The zero-order chi connectivity index (χ0) is 13.9. The van der Waals surface area contributed by atoms with Crippen molar-refractivity contribution in [3.63, 3.8) is 0 Å². The van der Waals surface area contributed by atoms with Gasteiger partial charge in [0.25, 0.3) is 0 Å². The molecule has 0 fully saturated rings. The second-order valence-electron chi connectivity index (χ2n) is 5.11. The average molecular weight is 412 g/mol. The van der Waals surface area contributed by atoms with Crippen molar-refractivity contribution >= 4 is 11.6 Å². The highest BCUT2D eigenvalue weighted by atomic mass is 127. The van der Waals surface area contributed by atoms with Crippen LogP contribution < -0.4 is 28.7 Å². The molecule has 2 rings (SSSR count). The van der Waals surface area contributed by atoms with Crippen molar-refractivity contribution in [1.82, 2.24) is 0 Å². The van der Waals surface area contributed by atoms with Gasteiger partial charge in [-0.3, -0.25) is 0 Å². The first-order valence-electron chi connectivity index (χ1n) is 7.01. The maximum atomic E-state index is 6.22. The number of nitrogens with zero attached hydrogens (tertiary/aromatic N) is 1. The fourth-order valence-electron chi connectivity index (χ4n) is 2.74. The lowest BCUT2D eigenvalue weighted by atomic mass is 10.1. The van der Waals surface area contributed by atoms with Crippen LogP contribution in [0.15, 0.2) is 12.1 Å². The van der Waals surface area contributed by atoms with Gasteiger partial charge in [-0.15, -0.1) is 0 Å². The maximum Gasteiger partial charge on any atom is 0.189 e. The van der Waals surface area contributed by atoms with Crippen LogP contribution in [0.1, 0.15) is 31.9 Å². The number of halogens is 2. The third-order valence-corrected chi connectivity index (χ3v) is 4.49. The topological polar surface area (TPSA) is 18.5 Å². The van der Waals surface area contributed by atoms with Gasteiger partial charge in [-0.05, 0) is 32.9 Å². The van der Waals surface area contributed by atoms with Gasteiger partial charge in [-0.1, -0.05) is 11.6 Å². The van der Waals surface area contributed by atoms with Crippen LogP contribution in [0.3, 0.4) is 0 Å². The molecule has 0 radical (unpaired) electrons. The second kappa shape index (κ2) is 7.82. The smallest absolute Gasteiger partial charge is 0.189 e. The first-order valence-corrected chi connectivity index (χ1v) is 7.39. The third kappa shape index (κ3) is 3.78. The molecule has 0 N–H and O–H groups in total. The van der Waals surface area contributed by atoms with Crippen molar-refractivity contribution in [2.24, 2.45) is 0 Å². The van der Waals surface area contributed by atoms with Crippen molar-refractivity contribution in [2.75, 3.05) is 26.4 Å². The highest BCUT2D eigenvalue weighted by molar-refractivity contribution is 6.30. The van der Waals surface area contributed by atoms with Crippen LogP contribution in [0, 0.1) is 0 Å². The van der Waals surface area contributed by atoms with Gasteiger partial charge in [-0.2, -0.15) is 0 Å². The number of fused-ring (bicyclic) bond motifs is 1. The van der Waals surface area contributed by atoms with E-state index in [-0.39, 0.29) is 24.0 Å². The summed E-state index contributed by atoms with van der Waals surface area (Å²) in [5.41, 5.74) is 2.27. The molecule has 0 saturated carbocycles. The molecule has 0 aliphatic carbocycles. The molecule has 0 aromatic heterocycles. The Kier molecular flexibility index (Phi) is 7.04. The molecular formula is C15H23ClINO2. The Hall–Kier alpha value is -0.0400. The van der Waals surface area contributed by atoms with Crippen molar-refractivity contribution < 1.29 is 37.9 Å². The number of rotatable bonds is 5. The summed E-state index contributed by atoms with van der Waals surface area (Å²) in [6, 6.07) is 3.98. The van der Waals surface area contributed by atoms with E-state index >= 15 is 0 Å². The van der Waals surface area contributed by atoms with E-state index in [2.05, 4.69) is 20.8 Å². The van der Waals surface area contributed by atoms with Crippen LogP contribution in [0.4, 0.5) is 0 Å². The fourth-order valence-corrected chi connectivity index (χ4v) is 3.01. The summed E-state index contributed by atoms with van der Waals surface area (Å²) in [5.74, 6) is 0.980. The van der Waals surface area contributed by atoms with Crippen LogP contribution in [0.2, 0.25) is 5.02 Å². The van der Waals surface area contributed by atoms with Crippen molar-refractivity contribution in [3.05, 3.63) is 28.3 Å². The molecule has 1 aliphatic heterocycles. The second-order valence-corrected chi connectivity index (χ2v) is 5.55. The number of hydrogen-bond donors (Lipinski definition) is 0. The highest BCUT2D eigenvalue weighted by Gasteiger charge is 2.26. The molecule has 20 heavy (non-hydrogen) atoms. The minimum absolute atomic E-state index is 0. The lowest BCUT2D eigenvalue weighted by Crippen LogP contribution is -3.00. The number of hydrogen-bond acceptors (Lipinski definition) is 2. The molecular weight excluding hydrogens is 389 g/mol. The van der Waals surface area contributed by atoms with E-state index in [0.29, 0.717) is 13.4 Å². The summed E-state index contributed by atoms with van der Waals surface area (Å²) in [6.07, 6.45) is 0. The van der Waals surface area contributed by atoms with Crippen LogP contribution in [-0.4, -0.2) is 30.9 Å². The molecule has 0 amide bonds. The normalized spacial score (nSPS) is 14.2. The Labute approximate surface area is 143 Å². The molecule has 0 unspecified atom stereocenters. The number of benzene rings is 1. The Bertz CT molecular complexity index is 441. The Morgan fingerprint density at radius 1 is 1.15 bits per heavy atom. The van der Waals surface area contributed by atoms with Crippen LogP contribution >= 0.6 is 11.6 Å². The largest absolute Gasteiger partial charge is 1.00 e. The molecule has 0 saturated heterocycles. The summed E-state index contributed by atoms with van der Waals surface area (Å²) in [5, 5.41) is 0.768. The van der Waals surface area contributed by atoms with Gasteiger partial charge in [0, 0.05) is 10.6 Å². The van der Waals surface area contributed by atoms with Gasteiger partial charge >= 0.3 is 0 Å². The van der Waals surface area contributed by atoms with E-state index in [1.165, 1.54) is 5.56 Å². The van der Waals surface area contributed by atoms with Crippen LogP contribution in [-0.2, 0) is 17.9 Å². The summed E-state index contributed by atoms with van der Waals surface area (Å²) in [7, 11) is 0. The Balaban J connectivity index is 0.00000200. The molecule has 3 nitrogen and oxygen atoms in total. The molecule has 1 aromatic carbocycles. The first-order chi connectivity index (χ1) is 9.14. The summed E-state index contributed by atoms with van der Waals surface area (Å²) < 4.78 is 12.1. The number of ether oxygens (including phenoxy) is 2. The Morgan fingerprint density at radius 2 is 1.80 bits per heavy atom. The van der Waals surface area contributed by atoms with Gasteiger partial charge in [0.2, 0.25) is 0 Å². The van der Waals surface area contributed by atoms with E-state index in [1.54, 1.807) is 0 Å². The average Bonchev–Trinajstić information content (AvgIpc) is 2.44. The van der Waals surface area contributed by atoms with Crippen molar-refractivity contribution in [1.29, 1.82) is 0 Å². The Morgan fingerprint density at radius 3 is 2.40 bits per heavy atom. The minimum Gasteiger partial charge on any atom is -1.00 e. The predicted octanol–water partition coefficient (Wildman–Crippen LogP) is 0.587. The van der Waals surface area contributed by atoms with Crippen LogP contribution in [0.25, 0.3) is 0 Å². The fraction of sp³-hybridized carbons (Fsp3) is 0.600. The molecule has 0 spiro atoms. The predicted molar refractivity (Wildman–Crippen MR) is 77.3 cm³/mol. The maximum absolute atomic E-state index is 6.22. The zero-order valence-corrected chi connectivity index (χ0v) is 15.3. The standard InChI is InChI=1S/C15H23ClNO2.HI/c1-4-17(5-2,6-3)9-12-7-14(16)8-13-10-18-11-19-15(12)13;/h7-8H,4-6,9-11H2,1-3H3;1H/q+1;/p-1. The lowest BCUT2D eigenvalue weighted by molar-refractivity contribution is -0.936. The third-order valence-electron chi connectivity index (χ3n) is 4.27. The minimum atomic E-state index is 0. The van der Waals surface area contributed by atoms with E-state index in [9.17, 15) is 0 Å². The van der Waals surface area contributed by atoms with Crippen molar-refractivity contribution in [2.45, 2.75) is 33.9 Å². The highest BCUT2D eigenvalue weighted by Crippen LogP contribution is 2.33. The first kappa shape index (κ1) is 18.0. The molecule has 1 heterocycles. The van der Waals surface area contributed by atoms with Gasteiger partial charge in [-0.25, -0.2) is 0 Å². The van der Waals surface area contributed by atoms with Gasteiger partial charge in [0.05, 0.1) is 31.8 Å². The quantitative estimate of drug-likeness (QED) is 0.521. The zero-order valence-electron chi connectivity index (χ0n) is 12.4. The molecule has 0 atom stereocenters. The van der Waals surface area contributed by atoms with E-state index in [1.807, 2.05) is 12.1 Å². The van der Waals surface area contributed by atoms with Gasteiger partial charge in [0.1, 0.15) is 12.3 Å². The molecule has 5 heteroatoms. The van der Waals surface area contributed by atoms with Gasteiger partial charge in [0.15, 0.2) is 6.79 Å². The monoisotopic (exact) mass is 411 g/mol. The number of quaternary nitrogens is 1. The summed E-state index contributed by atoms with van der Waals surface area (Å²) in [6.45, 7) is 12.0. The SMILES string of the molecule is CC[N+](CC)(CC)Cc1cc(Cl)cc2c1OCOC2.[I-]. The molecule has 114 valence electrons. The van der Waals surface area contributed by atoms with Crippen molar-refractivity contribution in [3.8, 4) is 5.75 Å². The van der Waals surface area contributed by atoms with E-state index in [4.69, 9.17) is 21.1 Å². The lowest BCUT2D eigenvalue weighted by Gasteiger charge is -2.36. The molecule has 1 aromatic rings. The van der Waals surface area contributed by atoms with E-state index in [0.717, 1.165) is 47.0 Å². The summed E-state index contributed by atoms with van der Waals surface area (Å²) >= 11 is 6.22. The van der Waals surface area contributed by atoms with Crippen LogP contribution in [0.5, 0.6) is 5.75 Å². The summed E-state index contributed by atoms with van der Waals surface area (Å²) in [4.78, 5) is 0. The van der Waals surface area contributed by atoms with E-state index < -0.39 is 0 Å². The molecule has 0 bridgehead atoms. The van der Waals surface area contributed by atoms with Gasteiger partial charge < -0.3 is 37.9 Å².